The van der Waals surface area contributed by atoms with Crippen LogP contribution in [0.1, 0.15) is 46.5 Å². The van der Waals surface area contributed by atoms with Gasteiger partial charge >= 0.3 is 0 Å². The first-order valence-electron chi connectivity index (χ1n) is 10.0. The maximum absolute atomic E-state index is 13.0. The zero-order chi connectivity index (χ0) is 20.0. The van der Waals surface area contributed by atoms with Crippen LogP contribution in [-0.2, 0) is 19.3 Å². The monoisotopic (exact) mass is 386 g/mol. The Labute approximate surface area is 168 Å². The van der Waals surface area contributed by atoms with Crippen LogP contribution in [0.3, 0.4) is 0 Å². The molecule has 0 aliphatic heterocycles. The number of nitrogens with one attached hydrogen (secondary N) is 1. The molecule has 0 atom stereocenters. The summed E-state index contributed by atoms with van der Waals surface area (Å²) >= 11 is 0. The minimum atomic E-state index is -0.187. The van der Waals surface area contributed by atoms with E-state index in [9.17, 15) is 4.79 Å². The van der Waals surface area contributed by atoms with Crippen LogP contribution in [0.5, 0.6) is 0 Å². The maximum Gasteiger partial charge on any atom is 0.276 e. The van der Waals surface area contributed by atoms with Gasteiger partial charge in [0.2, 0.25) is 0 Å². The fraction of sp³-hybridized carbons (Fsp3) is 0.261. The highest BCUT2D eigenvalue weighted by Crippen LogP contribution is 2.29. The smallest absolute Gasteiger partial charge is 0.276 e. The van der Waals surface area contributed by atoms with Crippen LogP contribution in [0.2, 0.25) is 0 Å². The third-order valence-electron chi connectivity index (χ3n) is 5.42. The lowest BCUT2D eigenvalue weighted by atomic mass is 10.2. The molecule has 0 saturated carbocycles. The number of hydrogen-bond acceptors (Lipinski definition) is 4. The Balaban J connectivity index is 1.47. The standard InChI is InChI=1S/C23H22N4O2/c1-3-21-25-18-13-15(9-12-20(18)29-21)24-23(28)22-17-5-4-6-19(17)27(26-22)16-10-7-14(2)8-11-16/h7-13H,3-6H2,1-2H3,(H,24,28). The summed E-state index contributed by atoms with van der Waals surface area (Å²) in [5.41, 5.74) is 7.05. The average molecular weight is 386 g/mol. The van der Waals surface area contributed by atoms with E-state index >= 15 is 0 Å². The van der Waals surface area contributed by atoms with E-state index in [-0.39, 0.29) is 5.91 Å². The predicted molar refractivity (Wildman–Crippen MR) is 112 cm³/mol. The summed E-state index contributed by atoms with van der Waals surface area (Å²) in [6, 6.07) is 13.7. The number of hydrogen-bond donors (Lipinski definition) is 1. The number of amides is 1. The molecule has 0 bridgehead atoms. The first kappa shape index (κ1) is 17.7. The third-order valence-corrected chi connectivity index (χ3v) is 5.42. The summed E-state index contributed by atoms with van der Waals surface area (Å²) in [6.45, 7) is 4.06. The quantitative estimate of drug-likeness (QED) is 0.555. The van der Waals surface area contributed by atoms with Crippen molar-refractivity contribution < 1.29 is 9.21 Å². The van der Waals surface area contributed by atoms with Crippen LogP contribution < -0.4 is 5.32 Å². The number of aromatic nitrogens is 3. The van der Waals surface area contributed by atoms with Crippen molar-refractivity contribution in [2.45, 2.75) is 39.5 Å². The molecular formula is C23H22N4O2. The molecule has 6 nitrogen and oxygen atoms in total. The van der Waals surface area contributed by atoms with Gasteiger partial charge in [-0.2, -0.15) is 5.10 Å². The van der Waals surface area contributed by atoms with Crippen molar-refractivity contribution in [3.63, 3.8) is 0 Å². The van der Waals surface area contributed by atoms with Gasteiger partial charge in [-0.3, -0.25) is 4.79 Å². The summed E-state index contributed by atoms with van der Waals surface area (Å²) in [4.78, 5) is 17.5. The van der Waals surface area contributed by atoms with Crippen molar-refractivity contribution in [2.75, 3.05) is 5.32 Å². The van der Waals surface area contributed by atoms with Gasteiger partial charge in [-0.05, 0) is 56.5 Å². The van der Waals surface area contributed by atoms with Crippen molar-refractivity contribution in [1.82, 2.24) is 14.8 Å². The fourth-order valence-corrected chi connectivity index (χ4v) is 3.91. The van der Waals surface area contributed by atoms with Gasteiger partial charge < -0.3 is 9.73 Å². The Bertz CT molecular complexity index is 1220. The van der Waals surface area contributed by atoms with E-state index < -0.39 is 0 Å². The molecule has 1 N–H and O–H groups in total. The summed E-state index contributed by atoms with van der Waals surface area (Å²) in [5, 5.41) is 7.66. The third kappa shape index (κ3) is 3.10. The number of benzene rings is 2. The number of oxazole rings is 1. The molecule has 146 valence electrons. The number of rotatable bonds is 4. The molecule has 0 spiro atoms. The van der Waals surface area contributed by atoms with Gasteiger partial charge in [-0.15, -0.1) is 0 Å². The topological polar surface area (TPSA) is 73.0 Å². The van der Waals surface area contributed by atoms with Crippen LogP contribution in [0, 0.1) is 6.92 Å². The minimum absolute atomic E-state index is 0.187. The molecule has 1 amide bonds. The predicted octanol–water partition coefficient (Wildman–Crippen LogP) is 4.63. The average Bonchev–Trinajstić information content (AvgIpc) is 3.42. The number of carbonyl (C=O) groups is 1. The highest BCUT2D eigenvalue weighted by molar-refractivity contribution is 6.04. The lowest BCUT2D eigenvalue weighted by Crippen LogP contribution is -2.15. The second-order valence-electron chi connectivity index (χ2n) is 7.47. The molecule has 0 unspecified atom stereocenters. The number of aryl methyl sites for hydroxylation is 2. The lowest BCUT2D eigenvalue weighted by molar-refractivity contribution is 0.102. The van der Waals surface area contributed by atoms with E-state index in [0.717, 1.165) is 53.7 Å². The van der Waals surface area contributed by atoms with Crippen LogP contribution in [0.4, 0.5) is 5.69 Å². The van der Waals surface area contributed by atoms with Gasteiger partial charge in [0.15, 0.2) is 17.2 Å². The first-order chi connectivity index (χ1) is 14.1. The molecule has 6 heteroatoms. The van der Waals surface area contributed by atoms with Gasteiger partial charge in [0.1, 0.15) is 5.52 Å². The molecule has 0 saturated heterocycles. The number of nitrogens with zero attached hydrogens (tertiary/aromatic N) is 3. The SMILES string of the molecule is CCc1nc2cc(NC(=O)c3nn(-c4ccc(C)cc4)c4c3CCC4)ccc2o1. The normalized spacial score (nSPS) is 13.0. The van der Waals surface area contributed by atoms with Gasteiger partial charge in [0.25, 0.3) is 5.91 Å². The first-order valence-corrected chi connectivity index (χ1v) is 10.0. The van der Waals surface area contributed by atoms with Crippen molar-refractivity contribution in [3.8, 4) is 5.69 Å². The minimum Gasteiger partial charge on any atom is -0.441 e. The van der Waals surface area contributed by atoms with Crippen molar-refractivity contribution in [1.29, 1.82) is 0 Å². The van der Waals surface area contributed by atoms with Gasteiger partial charge in [0.05, 0.1) is 5.69 Å². The van der Waals surface area contributed by atoms with Gasteiger partial charge in [-0.25, -0.2) is 9.67 Å². The summed E-state index contributed by atoms with van der Waals surface area (Å²) in [6.07, 6.45) is 3.60. The molecule has 1 aliphatic rings. The number of carbonyl (C=O) groups excluding carboxylic acids is 1. The van der Waals surface area contributed by atoms with E-state index in [2.05, 4.69) is 34.5 Å². The molecule has 0 radical (unpaired) electrons. The lowest BCUT2D eigenvalue weighted by Gasteiger charge is -2.06. The van der Waals surface area contributed by atoms with E-state index in [1.807, 2.05) is 41.9 Å². The fourth-order valence-electron chi connectivity index (χ4n) is 3.91. The largest absolute Gasteiger partial charge is 0.441 e. The van der Waals surface area contributed by atoms with E-state index in [1.54, 1.807) is 0 Å². The van der Waals surface area contributed by atoms with Crippen LogP contribution in [0.25, 0.3) is 16.8 Å². The zero-order valence-electron chi connectivity index (χ0n) is 16.5. The Morgan fingerprint density at radius 3 is 2.79 bits per heavy atom. The molecule has 1 aliphatic carbocycles. The molecular weight excluding hydrogens is 364 g/mol. The van der Waals surface area contributed by atoms with Crippen molar-refractivity contribution in [3.05, 3.63) is 70.9 Å². The van der Waals surface area contributed by atoms with E-state index in [4.69, 9.17) is 4.42 Å². The second-order valence-corrected chi connectivity index (χ2v) is 7.47. The molecule has 2 heterocycles. The summed E-state index contributed by atoms with van der Waals surface area (Å²) < 4.78 is 7.57. The van der Waals surface area contributed by atoms with E-state index in [1.165, 1.54) is 5.56 Å². The molecule has 0 fully saturated rings. The van der Waals surface area contributed by atoms with Crippen LogP contribution in [0.15, 0.2) is 46.9 Å². The van der Waals surface area contributed by atoms with Gasteiger partial charge in [0, 0.05) is 23.4 Å². The highest BCUT2D eigenvalue weighted by atomic mass is 16.3. The number of fused-ring (bicyclic) bond motifs is 2. The van der Waals surface area contributed by atoms with Gasteiger partial charge in [-0.1, -0.05) is 24.6 Å². The molecule has 5 rings (SSSR count). The van der Waals surface area contributed by atoms with Crippen molar-refractivity contribution >= 4 is 22.7 Å². The number of anilines is 1. The van der Waals surface area contributed by atoms with Crippen molar-refractivity contribution in [2.24, 2.45) is 0 Å². The zero-order valence-corrected chi connectivity index (χ0v) is 16.5. The molecule has 4 aromatic rings. The van der Waals surface area contributed by atoms with Crippen LogP contribution in [-0.4, -0.2) is 20.7 Å². The Morgan fingerprint density at radius 2 is 2.00 bits per heavy atom. The Kier molecular flexibility index (Phi) is 4.19. The second kappa shape index (κ2) is 6.88. The molecule has 2 aromatic carbocycles. The molecule has 2 aromatic heterocycles. The maximum atomic E-state index is 13.0. The molecule has 29 heavy (non-hydrogen) atoms. The van der Waals surface area contributed by atoms with Crippen LogP contribution >= 0.6 is 0 Å². The Morgan fingerprint density at radius 1 is 1.17 bits per heavy atom. The van der Waals surface area contributed by atoms with E-state index in [0.29, 0.717) is 17.3 Å². The summed E-state index contributed by atoms with van der Waals surface area (Å²) in [7, 11) is 0. The Hall–Kier alpha value is -3.41. The summed E-state index contributed by atoms with van der Waals surface area (Å²) in [5.74, 6) is 0.505. The highest BCUT2D eigenvalue weighted by Gasteiger charge is 2.27.